The first-order valence-corrected chi connectivity index (χ1v) is 8.66. The van der Waals surface area contributed by atoms with Crippen LogP contribution in [0.2, 0.25) is 0 Å². The van der Waals surface area contributed by atoms with Crippen LogP contribution in [0.15, 0.2) is 0 Å². The van der Waals surface area contributed by atoms with E-state index < -0.39 is 74.5 Å². The third kappa shape index (κ3) is 4.00. The zero-order chi connectivity index (χ0) is 28.4. The highest BCUT2D eigenvalue weighted by atomic mass is 32.2. The number of nitrogens with zero attached hydrogens (tertiary/aromatic N) is 1. The largest absolute Gasteiger partial charge is 0.460 e. The molecule has 0 saturated carbocycles. The minimum absolute atomic E-state index is 0.161. The van der Waals surface area contributed by atoms with Crippen molar-refractivity contribution >= 4 is 16.0 Å². The number of rotatable bonds is 9. The zero-order valence-electron chi connectivity index (χ0n) is 15.4. The van der Waals surface area contributed by atoms with Crippen molar-refractivity contribution in [2.45, 2.75) is 53.9 Å². The molecule has 0 radical (unpaired) electrons. The zero-order valence-corrected chi connectivity index (χ0v) is 16.2. The van der Waals surface area contributed by atoms with E-state index in [1.807, 2.05) is 0 Å². The summed E-state index contributed by atoms with van der Waals surface area (Å²) in [5, 5.41) is -7.78. The molecular weight excluding hydrogens is 565 g/mol. The number of carbonyl (C=O) groups excluding carboxylic acids is 1. The van der Waals surface area contributed by atoms with Crippen molar-refractivity contribution in [1.29, 1.82) is 0 Å². The van der Waals surface area contributed by atoms with Gasteiger partial charge in [0.15, 0.2) is 0 Å². The van der Waals surface area contributed by atoms with Crippen molar-refractivity contribution in [2.75, 3.05) is 7.05 Å². The first-order chi connectivity index (χ1) is 14.3. The van der Waals surface area contributed by atoms with Crippen molar-refractivity contribution in [2.24, 2.45) is 0 Å². The van der Waals surface area contributed by atoms with Gasteiger partial charge in [0.05, 0.1) is 0 Å². The number of carbonyl (C=O) groups is 1. The Hall–Kier alpha value is -1.81. The predicted octanol–water partition coefficient (Wildman–Crippen LogP) is 4.69. The van der Waals surface area contributed by atoms with Crippen molar-refractivity contribution < 1.29 is 92.7 Å². The van der Waals surface area contributed by atoms with E-state index >= 15 is 0 Å². The highest BCUT2D eigenvalue weighted by molar-refractivity contribution is 7.90. The van der Waals surface area contributed by atoms with Gasteiger partial charge in [-0.2, -0.15) is 74.6 Å². The second kappa shape index (κ2) is 8.11. The summed E-state index contributed by atoms with van der Waals surface area (Å²) in [7, 11) is -8.08. The Balaban J connectivity index is 6.98. The maximum atomic E-state index is 13.7. The molecule has 0 heterocycles. The molecule has 0 N–H and O–H groups in total. The van der Waals surface area contributed by atoms with E-state index in [1.165, 1.54) is 0 Å². The first kappa shape index (κ1) is 32.2. The minimum atomic E-state index is -8.93. The van der Waals surface area contributed by atoms with Gasteiger partial charge in [-0.05, 0) is 4.47 Å². The van der Waals surface area contributed by atoms with Crippen LogP contribution < -0.4 is 0 Å². The van der Waals surface area contributed by atoms with Crippen LogP contribution >= 0.6 is 0 Å². The van der Waals surface area contributed by atoms with E-state index in [0.29, 0.717) is 0 Å². The minimum Gasteiger partial charge on any atom is -0.354 e. The van der Waals surface area contributed by atoms with Gasteiger partial charge in [-0.3, -0.25) is 4.79 Å². The van der Waals surface area contributed by atoms with Crippen LogP contribution in [0.25, 0.3) is 0 Å². The standard InChI is InChI=1S/C11H6F17NO4S/c1-3(30)33-29(2)34(31,32)11(27,28)9(22,23)7(18,19)5(14,15)4(12,13)6(16,17)8(20,21)10(24,25)26/h1-2H3. The van der Waals surface area contributed by atoms with Crippen molar-refractivity contribution in [3.63, 3.8) is 0 Å². The molecule has 0 aliphatic rings. The lowest BCUT2D eigenvalue weighted by atomic mass is 9.91. The molecule has 0 aromatic heterocycles. The van der Waals surface area contributed by atoms with Crippen molar-refractivity contribution in [3.8, 4) is 0 Å². The van der Waals surface area contributed by atoms with E-state index in [9.17, 15) is 87.8 Å². The van der Waals surface area contributed by atoms with E-state index in [2.05, 4.69) is 4.84 Å². The monoisotopic (exact) mass is 571 g/mol. The van der Waals surface area contributed by atoms with E-state index in [1.54, 1.807) is 0 Å². The van der Waals surface area contributed by atoms with Gasteiger partial charge < -0.3 is 4.84 Å². The van der Waals surface area contributed by atoms with Crippen LogP contribution in [0.4, 0.5) is 74.6 Å². The highest BCUT2D eigenvalue weighted by Gasteiger charge is 2.96. The maximum Gasteiger partial charge on any atom is 0.460 e. The van der Waals surface area contributed by atoms with Crippen molar-refractivity contribution in [1.82, 2.24) is 4.47 Å². The lowest BCUT2D eigenvalue weighted by Gasteiger charge is -2.42. The van der Waals surface area contributed by atoms with Gasteiger partial charge in [0.2, 0.25) is 0 Å². The quantitative estimate of drug-likeness (QED) is 0.298. The fraction of sp³-hybridized carbons (Fsp3) is 0.909. The van der Waals surface area contributed by atoms with Gasteiger partial charge in [0.1, 0.15) is 0 Å². The molecule has 23 heteroatoms. The summed E-state index contributed by atoms with van der Waals surface area (Å²) in [6, 6.07) is 0. The number of sulfonamides is 1. The summed E-state index contributed by atoms with van der Waals surface area (Å²) in [4.78, 5) is 13.7. The molecule has 0 fully saturated rings. The normalized spacial score (nSPS) is 16.1. The molecule has 0 aliphatic carbocycles. The third-order valence-corrected chi connectivity index (χ3v) is 5.27. The van der Waals surface area contributed by atoms with Gasteiger partial charge in [-0.15, -0.1) is 0 Å². The van der Waals surface area contributed by atoms with Crippen LogP contribution in [0.1, 0.15) is 6.92 Å². The fourth-order valence-electron chi connectivity index (χ4n) is 1.70. The molecule has 204 valence electrons. The molecule has 0 atom stereocenters. The molecular formula is C11H6F17NO4S. The second-order valence-corrected chi connectivity index (χ2v) is 7.94. The van der Waals surface area contributed by atoms with Crippen molar-refractivity contribution in [3.05, 3.63) is 0 Å². The Morgan fingerprint density at radius 2 is 0.853 bits per heavy atom. The molecule has 0 aromatic rings. The summed E-state index contributed by atoms with van der Waals surface area (Å²) < 4.78 is 243. The van der Waals surface area contributed by atoms with Gasteiger partial charge in [-0.25, -0.2) is 8.42 Å². The van der Waals surface area contributed by atoms with Gasteiger partial charge in [0.25, 0.3) is 0 Å². The Morgan fingerprint density at radius 1 is 0.588 bits per heavy atom. The second-order valence-electron chi connectivity index (χ2n) is 5.96. The molecule has 0 unspecified atom stereocenters. The summed E-state index contributed by atoms with van der Waals surface area (Å²) in [5.41, 5.74) is 0. The summed E-state index contributed by atoms with van der Waals surface area (Å²) in [5.74, 6) is -54.1. The average Bonchev–Trinajstić information content (AvgIpc) is 2.58. The van der Waals surface area contributed by atoms with E-state index in [4.69, 9.17) is 0 Å². The van der Waals surface area contributed by atoms with Gasteiger partial charge >= 0.3 is 63.0 Å². The lowest BCUT2D eigenvalue weighted by molar-refractivity contribution is -0.458. The third-order valence-electron chi connectivity index (χ3n) is 3.61. The van der Waals surface area contributed by atoms with Crippen LogP contribution in [-0.4, -0.2) is 72.9 Å². The topological polar surface area (TPSA) is 63.7 Å². The first-order valence-electron chi connectivity index (χ1n) is 7.22. The fourth-order valence-corrected chi connectivity index (χ4v) is 2.68. The number of hydrogen-bond acceptors (Lipinski definition) is 4. The molecule has 5 nitrogen and oxygen atoms in total. The molecule has 0 aromatic carbocycles. The summed E-state index contributed by atoms with van der Waals surface area (Å²) in [6.45, 7) is 0.161. The number of hydroxylamine groups is 1. The number of hydrogen-bond donors (Lipinski definition) is 0. The molecule has 0 amide bonds. The van der Waals surface area contributed by atoms with E-state index in [-0.39, 0.29) is 6.92 Å². The van der Waals surface area contributed by atoms with Crippen LogP contribution in [0.3, 0.4) is 0 Å². The summed E-state index contributed by atoms with van der Waals surface area (Å²) >= 11 is 0. The summed E-state index contributed by atoms with van der Waals surface area (Å²) in [6.07, 6.45) is -7.91. The number of alkyl halides is 17. The van der Waals surface area contributed by atoms with E-state index in [0.717, 1.165) is 0 Å². The number of halogens is 17. The molecule has 0 aliphatic heterocycles. The maximum absolute atomic E-state index is 13.7. The van der Waals surface area contributed by atoms with Gasteiger partial charge in [-0.1, -0.05) is 0 Å². The van der Waals surface area contributed by atoms with Crippen LogP contribution in [0.5, 0.6) is 0 Å². The van der Waals surface area contributed by atoms with Crippen LogP contribution in [0, 0.1) is 0 Å². The lowest BCUT2D eigenvalue weighted by Crippen LogP contribution is -2.75. The molecule has 0 spiro atoms. The smallest absolute Gasteiger partial charge is 0.354 e. The van der Waals surface area contributed by atoms with Gasteiger partial charge in [0, 0.05) is 14.0 Å². The molecule has 0 saturated heterocycles. The average molecular weight is 571 g/mol. The Morgan fingerprint density at radius 3 is 1.12 bits per heavy atom. The molecule has 34 heavy (non-hydrogen) atoms. The molecule has 0 rings (SSSR count). The highest BCUT2D eigenvalue weighted by Crippen LogP contribution is 2.64. The Bertz CT molecular complexity index is 894. The predicted molar refractivity (Wildman–Crippen MR) is 69.1 cm³/mol. The molecule has 0 bridgehead atoms. The Labute approximate surface area is 175 Å². The SMILES string of the molecule is CC(=O)ON(C)S(=O)(=O)C(F)(F)C(F)(F)C(F)(F)C(F)(F)C(F)(F)C(F)(F)C(F)(F)C(F)(F)F. The van der Waals surface area contributed by atoms with Crippen LogP contribution in [-0.2, 0) is 19.7 Å². The Kier molecular flexibility index (Phi) is 7.68.